The number of benzene rings is 2. The first kappa shape index (κ1) is 16.6. The molecule has 24 heavy (non-hydrogen) atoms. The third-order valence-corrected chi connectivity index (χ3v) is 4.50. The Morgan fingerprint density at radius 1 is 1.12 bits per heavy atom. The summed E-state index contributed by atoms with van der Waals surface area (Å²) in [5.74, 6) is 0.951. The lowest BCUT2D eigenvalue weighted by Crippen LogP contribution is -2.33. The molecule has 1 heterocycles. The Morgan fingerprint density at radius 2 is 1.88 bits per heavy atom. The summed E-state index contributed by atoms with van der Waals surface area (Å²) in [5.41, 5.74) is 3.49. The number of hydrogen-bond donors (Lipinski definition) is 1. The zero-order valence-electron chi connectivity index (χ0n) is 14.3. The Hall–Kier alpha value is -2.29. The van der Waals surface area contributed by atoms with Crippen LogP contribution in [-0.4, -0.2) is 12.5 Å². The van der Waals surface area contributed by atoms with Crippen LogP contribution in [-0.2, 0) is 17.6 Å². The number of carbonyl (C=O) groups excluding carboxylic acids is 1. The summed E-state index contributed by atoms with van der Waals surface area (Å²) in [7, 11) is 0. The first-order valence-electron chi connectivity index (χ1n) is 8.85. The van der Waals surface area contributed by atoms with Crippen molar-refractivity contribution in [1.82, 2.24) is 5.32 Å². The third kappa shape index (κ3) is 4.16. The molecule has 2 aromatic rings. The van der Waals surface area contributed by atoms with Crippen LogP contribution in [0.2, 0.25) is 0 Å². The van der Waals surface area contributed by atoms with Crippen LogP contribution in [0, 0.1) is 0 Å². The fourth-order valence-corrected chi connectivity index (χ4v) is 3.13. The number of carbonyl (C=O) groups is 1. The van der Waals surface area contributed by atoms with Crippen LogP contribution >= 0.6 is 0 Å². The van der Waals surface area contributed by atoms with E-state index in [0.29, 0.717) is 13.0 Å². The smallest absolute Gasteiger partial charge is 0.224 e. The molecule has 0 aliphatic carbocycles. The highest BCUT2D eigenvalue weighted by Crippen LogP contribution is 2.31. The largest absolute Gasteiger partial charge is 0.493 e. The fraction of sp³-hybridized carbons (Fsp3) is 0.381. The highest BCUT2D eigenvalue weighted by molar-refractivity contribution is 5.79. The van der Waals surface area contributed by atoms with Crippen molar-refractivity contribution in [3.05, 3.63) is 65.2 Å². The van der Waals surface area contributed by atoms with E-state index in [4.69, 9.17) is 4.74 Å². The molecule has 3 rings (SSSR count). The number of para-hydroxylation sites is 1. The fourth-order valence-electron chi connectivity index (χ4n) is 3.13. The molecule has 0 bridgehead atoms. The number of amides is 1. The second-order valence-electron chi connectivity index (χ2n) is 6.39. The van der Waals surface area contributed by atoms with E-state index >= 15 is 0 Å². The molecule has 0 saturated carbocycles. The maximum absolute atomic E-state index is 12.4. The van der Waals surface area contributed by atoms with Gasteiger partial charge in [-0.05, 0) is 30.0 Å². The van der Waals surface area contributed by atoms with E-state index in [-0.39, 0.29) is 11.9 Å². The lowest BCUT2D eigenvalue weighted by Gasteiger charge is -2.26. The molecule has 0 aromatic heterocycles. The monoisotopic (exact) mass is 323 g/mol. The van der Waals surface area contributed by atoms with Crippen LogP contribution in [0.4, 0.5) is 0 Å². The maximum atomic E-state index is 12.4. The highest BCUT2D eigenvalue weighted by Gasteiger charge is 2.22. The summed E-state index contributed by atoms with van der Waals surface area (Å²) in [5, 5.41) is 3.15. The van der Waals surface area contributed by atoms with E-state index in [1.54, 1.807) is 0 Å². The summed E-state index contributed by atoms with van der Waals surface area (Å²) in [4.78, 5) is 12.4. The Bertz CT molecular complexity index is 678. The molecule has 1 aliphatic heterocycles. The Morgan fingerprint density at radius 3 is 2.67 bits per heavy atom. The van der Waals surface area contributed by atoms with Crippen molar-refractivity contribution in [3.63, 3.8) is 0 Å². The molecule has 0 fully saturated rings. The highest BCUT2D eigenvalue weighted by atomic mass is 16.5. The molecular weight excluding hydrogens is 298 g/mol. The molecule has 0 saturated heterocycles. The van der Waals surface area contributed by atoms with Crippen molar-refractivity contribution in [2.75, 3.05) is 6.61 Å². The Balaban J connectivity index is 1.58. The molecule has 3 nitrogen and oxygen atoms in total. The van der Waals surface area contributed by atoms with Gasteiger partial charge >= 0.3 is 0 Å². The summed E-state index contributed by atoms with van der Waals surface area (Å²) in [6.07, 6.45) is 4.77. The van der Waals surface area contributed by atoms with E-state index in [9.17, 15) is 4.79 Å². The minimum Gasteiger partial charge on any atom is -0.493 e. The second-order valence-corrected chi connectivity index (χ2v) is 6.39. The number of nitrogens with one attached hydrogen (secondary N) is 1. The topological polar surface area (TPSA) is 38.3 Å². The van der Waals surface area contributed by atoms with E-state index in [1.807, 2.05) is 24.3 Å². The van der Waals surface area contributed by atoms with Crippen molar-refractivity contribution in [1.29, 1.82) is 0 Å². The predicted molar refractivity (Wildman–Crippen MR) is 96.2 cm³/mol. The van der Waals surface area contributed by atoms with Gasteiger partial charge in [-0.15, -0.1) is 0 Å². The first-order valence-corrected chi connectivity index (χ1v) is 8.85. The normalized spacial score (nSPS) is 16.1. The van der Waals surface area contributed by atoms with E-state index in [2.05, 4.69) is 36.5 Å². The van der Waals surface area contributed by atoms with Crippen LogP contribution in [0.3, 0.4) is 0 Å². The molecule has 1 N–H and O–H groups in total. The number of fused-ring (bicyclic) bond motifs is 1. The molecule has 3 heteroatoms. The maximum Gasteiger partial charge on any atom is 0.224 e. The van der Waals surface area contributed by atoms with Crippen molar-refractivity contribution >= 4 is 5.91 Å². The van der Waals surface area contributed by atoms with E-state index in [1.165, 1.54) is 18.4 Å². The average molecular weight is 323 g/mol. The van der Waals surface area contributed by atoms with Gasteiger partial charge in [-0.1, -0.05) is 55.8 Å². The summed E-state index contributed by atoms with van der Waals surface area (Å²) >= 11 is 0. The van der Waals surface area contributed by atoms with Gasteiger partial charge in [0, 0.05) is 12.0 Å². The van der Waals surface area contributed by atoms with Gasteiger partial charge in [-0.2, -0.15) is 0 Å². The molecule has 2 aromatic carbocycles. The second kappa shape index (κ2) is 8.00. The molecule has 1 amide bonds. The molecule has 1 unspecified atom stereocenters. The number of aryl methyl sites for hydroxylation is 1. The van der Waals surface area contributed by atoms with Crippen LogP contribution in [0.1, 0.15) is 48.9 Å². The van der Waals surface area contributed by atoms with Crippen molar-refractivity contribution < 1.29 is 9.53 Å². The van der Waals surface area contributed by atoms with Crippen LogP contribution in [0.15, 0.2) is 48.5 Å². The lowest BCUT2D eigenvalue weighted by molar-refractivity contribution is -0.121. The third-order valence-electron chi connectivity index (χ3n) is 4.50. The van der Waals surface area contributed by atoms with E-state index in [0.717, 1.165) is 29.7 Å². The number of hydrogen-bond acceptors (Lipinski definition) is 2. The summed E-state index contributed by atoms with van der Waals surface area (Å²) in [6.45, 7) is 2.85. The van der Waals surface area contributed by atoms with Gasteiger partial charge in [0.15, 0.2) is 0 Å². The quantitative estimate of drug-likeness (QED) is 0.865. The van der Waals surface area contributed by atoms with Gasteiger partial charge in [0.1, 0.15) is 5.75 Å². The SMILES string of the molecule is CCCCc1ccc(CC(=O)NC2CCOc3ccccc32)cc1. The van der Waals surface area contributed by atoms with Gasteiger partial charge in [-0.3, -0.25) is 4.79 Å². The van der Waals surface area contributed by atoms with Gasteiger partial charge in [-0.25, -0.2) is 0 Å². The van der Waals surface area contributed by atoms with Crippen LogP contribution in [0.25, 0.3) is 0 Å². The number of unbranched alkanes of at least 4 members (excludes halogenated alkanes) is 1. The molecule has 1 atom stereocenters. The van der Waals surface area contributed by atoms with Gasteiger partial charge in [0.2, 0.25) is 5.91 Å². The summed E-state index contributed by atoms with van der Waals surface area (Å²) < 4.78 is 5.65. The first-order chi connectivity index (χ1) is 11.8. The minimum atomic E-state index is 0.0475. The Kier molecular flexibility index (Phi) is 5.52. The molecule has 0 radical (unpaired) electrons. The van der Waals surface area contributed by atoms with Gasteiger partial charge < -0.3 is 10.1 Å². The molecule has 0 spiro atoms. The van der Waals surface area contributed by atoms with Crippen molar-refractivity contribution in [2.24, 2.45) is 0 Å². The average Bonchev–Trinajstić information content (AvgIpc) is 2.61. The predicted octanol–water partition coefficient (Wildman–Crippen LogP) is 4.21. The van der Waals surface area contributed by atoms with Crippen LogP contribution in [0.5, 0.6) is 5.75 Å². The number of rotatable bonds is 6. The standard InChI is InChI=1S/C21H25NO2/c1-2-3-6-16-9-11-17(12-10-16)15-21(23)22-19-13-14-24-20-8-5-4-7-18(19)20/h4-5,7-12,19H,2-3,6,13-15H2,1H3,(H,22,23). The molecular formula is C21H25NO2. The van der Waals surface area contributed by atoms with Crippen molar-refractivity contribution in [3.8, 4) is 5.75 Å². The number of ether oxygens (including phenoxy) is 1. The van der Waals surface area contributed by atoms with Gasteiger partial charge in [0.25, 0.3) is 0 Å². The zero-order valence-corrected chi connectivity index (χ0v) is 14.3. The Labute approximate surface area is 144 Å². The van der Waals surface area contributed by atoms with Crippen LogP contribution < -0.4 is 10.1 Å². The zero-order chi connectivity index (χ0) is 16.8. The molecule has 126 valence electrons. The molecule has 1 aliphatic rings. The lowest BCUT2D eigenvalue weighted by atomic mass is 10.00. The summed E-state index contributed by atoms with van der Waals surface area (Å²) in [6, 6.07) is 16.4. The van der Waals surface area contributed by atoms with Crippen molar-refractivity contribution in [2.45, 2.75) is 45.1 Å². The van der Waals surface area contributed by atoms with E-state index < -0.39 is 0 Å². The minimum absolute atomic E-state index is 0.0475. The van der Waals surface area contributed by atoms with Gasteiger partial charge in [0.05, 0.1) is 19.1 Å².